The number of ether oxygens (including phenoxy) is 1. The molecule has 2 aromatic rings. The van der Waals surface area contributed by atoms with E-state index in [2.05, 4.69) is 32.7 Å². The van der Waals surface area contributed by atoms with Crippen LogP contribution >= 0.6 is 15.9 Å². The van der Waals surface area contributed by atoms with Gasteiger partial charge in [-0.05, 0) is 35.0 Å². The number of aromatic hydroxyl groups is 1. The summed E-state index contributed by atoms with van der Waals surface area (Å²) in [7, 11) is 0. The van der Waals surface area contributed by atoms with Gasteiger partial charge in [0.2, 0.25) is 0 Å². The number of phenolic OH excluding ortho intramolecular Hbond substituents is 1. The molecule has 0 radical (unpaired) electrons. The van der Waals surface area contributed by atoms with E-state index in [-0.39, 0.29) is 22.9 Å². The summed E-state index contributed by atoms with van der Waals surface area (Å²) < 4.78 is 5.77. The van der Waals surface area contributed by atoms with E-state index >= 15 is 0 Å². The highest BCUT2D eigenvalue weighted by Gasteiger charge is 2.25. The van der Waals surface area contributed by atoms with Crippen molar-refractivity contribution in [3.8, 4) is 5.75 Å². The van der Waals surface area contributed by atoms with Gasteiger partial charge in [0.25, 0.3) is 5.69 Å². The number of anilines is 1. The highest BCUT2D eigenvalue weighted by molar-refractivity contribution is 9.10. The van der Waals surface area contributed by atoms with Gasteiger partial charge in [-0.1, -0.05) is 6.58 Å². The van der Waals surface area contributed by atoms with Gasteiger partial charge in [0.15, 0.2) is 5.78 Å². The third-order valence-electron chi connectivity index (χ3n) is 4.76. The molecule has 0 spiro atoms. The summed E-state index contributed by atoms with van der Waals surface area (Å²) in [5, 5.41) is 29.4. The van der Waals surface area contributed by atoms with E-state index in [4.69, 9.17) is 4.74 Å². The number of hydrogen-bond donors (Lipinski definition) is 1. The Labute approximate surface area is 187 Å². The van der Waals surface area contributed by atoms with E-state index in [1.807, 2.05) is 11.8 Å². The summed E-state index contributed by atoms with van der Waals surface area (Å²) in [6.07, 6.45) is 0.960. The van der Waals surface area contributed by atoms with Crippen LogP contribution in [0, 0.1) is 10.1 Å². The fraction of sp³-hybridized carbons (Fsp3) is 0.286. The number of phenols is 1. The SMILES string of the molecule is C=C(CCN1CCC(=O)c2cc(N=Nc3ccc([N+](=O)[O-])cc3Br)c(O)cc21)OCC. The van der Waals surface area contributed by atoms with Crippen LogP contribution in [0.3, 0.4) is 0 Å². The molecule has 9 nitrogen and oxygen atoms in total. The molecule has 0 saturated heterocycles. The Morgan fingerprint density at radius 2 is 2.06 bits per heavy atom. The number of nitro groups is 1. The predicted molar refractivity (Wildman–Crippen MR) is 120 cm³/mol. The van der Waals surface area contributed by atoms with E-state index < -0.39 is 4.92 Å². The number of nitrogens with zero attached hydrogens (tertiary/aromatic N) is 4. The maximum Gasteiger partial charge on any atom is 0.270 e. The molecular formula is C21H21BrN4O5. The standard InChI is InChI=1S/C21H21BrN4O5/c1-3-31-13(2)6-8-25-9-7-20(27)15-11-18(21(28)12-19(15)25)24-23-17-5-4-14(26(29)30)10-16(17)22/h4-5,10-12,28H,2-3,6-9H2,1H3. The molecule has 1 aliphatic heterocycles. The molecule has 0 bridgehead atoms. The topological polar surface area (TPSA) is 118 Å². The van der Waals surface area contributed by atoms with Crippen molar-refractivity contribution in [3.63, 3.8) is 0 Å². The second-order valence-electron chi connectivity index (χ2n) is 6.83. The fourth-order valence-corrected chi connectivity index (χ4v) is 3.63. The van der Waals surface area contributed by atoms with Crippen molar-refractivity contribution in [3.05, 3.63) is 62.8 Å². The number of carbonyl (C=O) groups is 1. The number of fused-ring (bicyclic) bond motifs is 1. The van der Waals surface area contributed by atoms with Gasteiger partial charge in [-0.15, -0.1) is 10.2 Å². The first-order chi connectivity index (χ1) is 14.8. The molecular weight excluding hydrogens is 468 g/mol. The lowest BCUT2D eigenvalue weighted by atomic mass is 9.99. The minimum absolute atomic E-state index is 0.0390. The molecule has 1 heterocycles. The molecule has 2 aromatic carbocycles. The number of ketones is 1. The average Bonchev–Trinajstić information content (AvgIpc) is 2.73. The van der Waals surface area contributed by atoms with E-state index in [0.717, 1.165) is 0 Å². The van der Waals surface area contributed by atoms with Gasteiger partial charge in [-0.25, -0.2) is 0 Å². The summed E-state index contributed by atoms with van der Waals surface area (Å²) in [4.78, 5) is 24.8. The molecule has 10 heteroatoms. The van der Waals surface area contributed by atoms with E-state index in [0.29, 0.717) is 59.7 Å². The van der Waals surface area contributed by atoms with E-state index in [9.17, 15) is 20.0 Å². The predicted octanol–water partition coefficient (Wildman–Crippen LogP) is 5.81. The van der Waals surface area contributed by atoms with Gasteiger partial charge < -0.3 is 14.7 Å². The minimum Gasteiger partial charge on any atom is -0.506 e. The molecule has 3 rings (SSSR count). The highest BCUT2D eigenvalue weighted by atomic mass is 79.9. The summed E-state index contributed by atoms with van der Waals surface area (Å²) in [6, 6.07) is 7.09. The molecule has 0 atom stereocenters. The molecule has 31 heavy (non-hydrogen) atoms. The zero-order valence-electron chi connectivity index (χ0n) is 16.9. The van der Waals surface area contributed by atoms with Crippen molar-refractivity contribution < 1.29 is 19.6 Å². The van der Waals surface area contributed by atoms with Crippen LogP contribution in [0.15, 0.2) is 57.4 Å². The first-order valence-electron chi connectivity index (χ1n) is 9.61. The smallest absolute Gasteiger partial charge is 0.270 e. The number of Topliss-reactive ketones (excluding diaryl/α,β-unsaturated/α-hetero) is 1. The molecule has 0 amide bonds. The Hall–Kier alpha value is -3.27. The molecule has 0 saturated carbocycles. The number of rotatable bonds is 8. The van der Waals surface area contributed by atoms with Crippen molar-refractivity contribution >= 4 is 44.5 Å². The lowest BCUT2D eigenvalue weighted by Gasteiger charge is -2.31. The lowest BCUT2D eigenvalue weighted by Crippen LogP contribution is -2.33. The highest BCUT2D eigenvalue weighted by Crippen LogP contribution is 2.39. The van der Waals surface area contributed by atoms with Crippen molar-refractivity contribution in [2.24, 2.45) is 10.2 Å². The zero-order chi connectivity index (χ0) is 22.5. The van der Waals surface area contributed by atoms with E-state index in [1.165, 1.54) is 30.3 Å². The van der Waals surface area contributed by atoms with Gasteiger partial charge >= 0.3 is 0 Å². The third kappa shape index (κ3) is 5.26. The molecule has 0 aliphatic carbocycles. The van der Waals surface area contributed by atoms with Crippen molar-refractivity contribution in [2.75, 3.05) is 24.6 Å². The Balaban J connectivity index is 1.85. The monoisotopic (exact) mass is 488 g/mol. The lowest BCUT2D eigenvalue weighted by molar-refractivity contribution is -0.384. The van der Waals surface area contributed by atoms with E-state index in [1.54, 1.807) is 0 Å². The maximum absolute atomic E-state index is 12.5. The number of halogens is 1. The number of nitro benzene ring substituents is 1. The molecule has 162 valence electrons. The normalized spacial score (nSPS) is 13.4. The Morgan fingerprint density at radius 1 is 1.32 bits per heavy atom. The van der Waals surface area contributed by atoms with Gasteiger partial charge in [-0.3, -0.25) is 14.9 Å². The number of benzene rings is 2. The Kier molecular flexibility index (Phi) is 7.01. The van der Waals surface area contributed by atoms with Gasteiger partial charge in [0.1, 0.15) is 17.1 Å². The largest absolute Gasteiger partial charge is 0.506 e. The van der Waals surface area contributed by atoms with Crippen LogP contribution in [0.25, 0.3) is 0 Å². The van der Waals surface area contributed by atoms with Gasteiger partial charge in [0.05, 0.1) is 27.4 Å². The van der Waals surface area contributed by atoms with Crippen molar-refractivity contribution in [1.29, 1.82) is 0 Å². The van der Waals surface area contributed by atoms with Crippen LogP contribution in [-0.2, 0) is 4.74 Å². The van der Waals surface area contributed by atoms with Gasteiger partial charge in [-0.2, -0.15) is 0 Å². The molecule has 1 N–H and O–H groups in total. The molecule has 0 aromatic heterocycles. The summed E-state index contributed by atoms with van der Waals surface area (Å²) in [6.45, 7) is 7.46. The summed E-state index contributed by atoms with van der Waals surface area (Å²) >= 11 is 3.23. The average molecular weight is 489 g/mol. The number of non-ortho nitro benzene ring substituents is 1. The van der Waals surface area contributed by atoms with Crippen LogP contribution in [0.5, 0.6) is 5.75 Å². The summed E-state index contributed by atoms with van der Waals surface area (Å²) in [5.41, 5.74) is 1.50. The third-order valence-corrected chi connectivity index (χ3v) is 5.39. The van der Waals surface area contributed by atoms with Crippen LogP contribution in [-0.4, -0.2) is 35.5 Å². The molecule has 0 fully saturated rings. The van der Waals surface area contributed by atoms with Crippen LogP contribution < -0.4 is 4.90 Å². The Morgan fingerprint density at radius 3 is 2.74 bits per heavy atom. The maximum atomic E-state index is 12.5. The summed E-state index contributed by atoms with van der Waals surface area (Å²) in [5.74, 6) is 0.510. The second kappa shape index (κ2) is 9.69. The van der Waals surface area contributed by atoms with Crippen molar-refractivity contribution in [1.82, 2.24) is 0 Å². The van der Waals surface area contributed by atoms with Crippen LogP contribution in [0.4, 0.5) is 22.7 Å². The number of azo groups is 1. The van der Waals surface area contributed by atoms with Crippen molar-refractivity contribution in [2.45, 2.75) is 19.8 Å². The second-order valence-corrected chi connectivity index (χ2v) is 7.69. The Bertz CT molecular complexity index is 1070. The number of hydrogen-bond acceptors (Lipinski definition) is 8. The van der Waals surface area contributed by atoms with Crippen LogP contribution in [0.2, 0.25) is 0 Å². The fourth-order valence-electron chi connectivity index (χ4n) is 3.19. The first kappa shape index (κ1) is 22.4. The quantitative estimate of drug-likeness (QED) is 0.216. The first-order valence-corrected chi connectivity index (χ1v) is 10.4. The molecule has 1 aliphatic rings. The minimum atomic E-state index is -0.512. The molecule has 0 unspecified atom stereocenters. The van der Waals surface area contributed by atoms with Gasteiger partial charge in [0, 0.05) is 49.7 Å². The zero-order valence-corrected chi connectivity index (χ0v) is 18.5. The van der Waals surface area contributed by atoms with Crippen LogP contribution in [0.1, 0.15) is 30.1 Å². The number of carbonyl (C=O) groups excluding carboxylic acids is 1.